The number of alkyl carbamates (subject to hydrolysis) is 1. The smallest absolute Gasteiger partial charge is 0.444 e. The van der Waals surface area contributed by atoms with Crippen LogP contribution < -0.4 is 22.5 Å². The third-order valence-electron chi connectivity index (χ3n) is 11.2. The van der Waals surface area contributed by atoms with Crippen LogP contribution in [0.25, 0.3) is 0 Å². The lowest BCUT2D eigenvalue weighted by atomic mass is 9.43. The number of ketones is 1. The molecule has 1 aromatic carbocycles. The van der Waals surface area contributed by atoms with Gasteiger partial charge in [0.2, 0.25) is 5.91 Å². The van der Waals surface area contributed by atoms with Crippen LogP contribution in [-0.2, 0) is 30.1 Å². The predicted molar refractivity (Wildman–Crippen MR) is 180 cm³/mol. The molecule has 5 aliphatic rings. The van der Waals surface area contributed by atoms with Gasteiger partial charge in [0.25, 0.3) is 0 Å². The highest BCUT2D eigenvalue weighted by Gasteiger charge is 2.69. The molecule has 2 bridgehead atoms. The van der Waals surface area contributed by atoms with Gasteiger partial charge in [-0.25, -0.2) is 4.79 Å². The van der Waals surface area contributed by atoms with Gasteiger partial charge in [0.15, 0.2) is 17.3 Å². The number of nitrogens with two attached hydrogens (primary N) is 3. The first-order chi connectivity index (χ1) is 22.0. The molecule has 258 valence electrons. The summed E-state index contributed by atoms with van der Waals surface area (Å²) in [6.45, 7) is 12.8. The van der Waals surface area contributed by atoms with Crippen molar-refractivity contribution in [3.8, 4) is 0 Å². The number of rotatable bonds is 12. The minimum Gasteiger partial charge on any atom is -0.444 e. The van der Waals surface area contributed by atoms with E-state index in [0.717, 1.165) is 18.4 Å². The Balaban J connectivity index is 1.49. The van der Waals surface area contributed by atoms with Crippen molar-refractivity contribution >= 4 is 30.9 Å². The van der Waals surface area contributed by atoms with Crippen LogP contribution in [0.4, 0.5) is 4.79 Å². The van der Waals surface area contributed by atoms with Crippen molar-refractivity contribution in [2.45, 2.75) is 121 Å². The highest BCUT2D eigenvalue weighted by molar-refractivity contribution is 6.47. The van der Waals surface area contributed by atoms with E-state index >= 15 is 0 Å². The van der Waals surface area contributed by atoms with Gasteiger partial charge in [0.05, 0.1) is 17.7 Å². The summed E-state index contributed by atoms with van der Waals surface area (Å²) in [5, 5.41) is 2.79. The van der Waals surface area contributed by atoms with Crippen LogP contribution in [0.3, 0.4) is 0 Å². The molecule has 47 heavy (non-hydrogen) atoms. The number of primary amides is 1. The van der Waals surface area contributed by atoms with Crippen LogP contribution in [0.5, 0.6) is 0 Å². The number of likely N-dealkylation sites (tertiary alicyclic amines) is 1. The van der Waals surface area contributed by atoms with E-state index < -0.39 is 53.6 Å². The van der Waals surface area contributed by atoms with Crippen LogP contribution in [0.1, 0.15) is 85.6 Å². The first-order valence-electron chi connectivity index (χ1n) is 17.0. The van der Waals surface area contributed by atoms with E-state index in [1.165, 1.54) is 0 Å². The number of hydrogen-bond acceptors (Lipinski definition) is 8. The molecule has 12 nitrogen and oxygen atoms in total. The van der Waals surface area contributed by atoms with Gasteiger partial charge in [-0.1, -0.05) is 44.2 Å². The number of carbonyl (C=O) groups is 3. The van der Waals surface area contributed by atoms with Crippen LogP contribution in [0, 0.1) is 17.3 Å². The average Bonchev–Trinajstić information content (AvgIpc) is 3.57. The molecule has 7 atom stereocenters. The minimum atomic E-state index is -1.71. The van der Waals surface area contributed by atoms with E-state index in [4.69, 9.17) is 31.2 Å². The normalized spacial score (nSPS) is 30.9. The predicted octanol–water partition coefficient (Wildman–Crippen LogP) is 2.70. The third kappa shape index (κ3) is 6.76. The van der Waals surface area contributed by atoms with Crippen molar-refractivity contribution in [2.75, 3.05) is 13.1 Å². The Hall–Kier alpha value is -3.16. The van der Waals surface area contributed by atoms with Crippen LogP contribution in [-0.4, -0.2) is 83.7 Å². The van der Waals surface area contributed by atoms with Crippen molar-refractivity contribution in [2.24, 2.45) is 39.4 Å². The molecule has 2 aliphatic heterocycles. The van der Waals surface area contributed by atoms with Crippen molar-refractivity contribution in [3.63, 3.8) is 0 Å². The van der Waals surface area contributed by atoms with Crippen molar-refractivity contribution in [1.29, 1.82) is 0 Å². The first kappa shape index (κ1) is 35.2. The monoisotopic (exact) mass is 652 g/mol. The maximum absolute atomic E-state index is 14.9. The number of Topliss-reactive ketones (excluding diaryl/α,β-unsaturated/α-hetero) is 1. The molecule has 1 unspecified atom stereocenters. The van der Waals surface area contributed by atoms with E-state index in [-0.39, 0.29) is 30.3 Å². The van der Waals surface area contributed by atoms with Crippen LogP contribution in [0.15, 0.2) is 35.3 Å². The number of nitrogens with one attached hydrogen (secondary N) is 1. The van der Waals surface area contributed by atoms with E-state index in [1.54, 1.807) is 20.8 Å². The molecule has 1 aromatic rings. The summed E-state index contributed by atoms with van der Waals surface area (Å²) in [5.74, 6) is -0.843. The molecule has 2 saturated heterocycles. The minimum absolute atomic E-state index is 0.00439. The van der Waals surface area contributed by atoms with Gasteiger partial charge in [-0.3, -0.25) is 19.5 Å². The fourth-order valence-corrected chi connectivity index (χ4v) is 8.75. The fraction of sp³-hybridized carbons (Fsp3) is 0.706. The Morgan fingerprint density at radius 3 is 2.45 bits per heavy atom. The van der Waals surface area contributed by atoms with E-state index in [0.29, 0.717) is 44.2 Å². The molecule has 3 saturated carbocycles. The Morgan fingerprint density at radius 1 is 1.13 bits per heavy atom. The number of nitrogens with zero attached hydrogens (tertiary/aromatic N) is 2. The Bertz CT molecular complexity index is 1370. The second-order valence-electron chi connectivity index (χ2n) is 15.6. The van der Waals surface area contributed by atoms with E-state index in [2.05, 4.69) is 31.1 Å². The summed E-state index contributed by atoms with van der Waals surface area (Å²) in [7, 11) is -0.699. The lowest BCUT2D eigenvalue weighted by molar-refractivity contribution is -0.199. The number of guanidine groups is 1. The Kier molecular flexibility index (Phi) is 9.76. The van der Waals surface area contributed by atoms with Gasteiger partial charge in [-0.15, -0.1) is 0 Å². The summed E-state index contributed by atoms with van der Waals surface area (Å²) in [6.07, 6.45) is 3.13. The number of aliphatic imine (C=N–C) groups is 1. The van der Waals surface area contributed by atoms with Gasteiger partial charge >= 0.3 is 13.2 Å². The molecule has 2 heterocycles. The largest absolute Gasteiger partial charge is 0.476 e. The average molecular weight is 653 g/mol. The quantitative estimate of drug-likeness (QED) is 0.0867. The Labute approximate surface area is 279 Å². The molecule has 0 aromatic heterocycles. The SMILES string of the molecule is CC(C)(C)OC(=O)N[C@H](Cc1ccccc1)C(=O)[C@@]1(C(N)=O)CCCN1C(CCCN=C(N)N)B1O[C@@H]2C[C@H]3C[C@H](C3(C)C)[C@]2(C)O1. The molecule has 7 N–H and O–H groups in total. The van der Waals surface area contributed by atoms with Crippen LogP contribution in [0.2, 0.25) is 0 Å². The molecule has 0 spiro atoms. The highest BCUT2D eigenvalue weighted by Crippen LogP contribution is 2.66. The zero-order chi connectivity index (χ0) is 34.4. The molecule has 2 amide bonds. The van der Waals surface area contributed by atoms with Gasteiger partial charge < -0.3 is 36.6 Å². The van der Waals surface area contributed by atoms with E-state index in [9.17, 15) is 14.4 Å². The highest BCUT2D eigenvalue weighted by atomic mass is 16.7. The van der Waals surface area contributed by atoms with Crippen molar-refractivity contribution < 1.29 is 28.4 Å². The summed E-state index contributed by atoms with van der Waals surface area (Å²) in [4.78, 5) is 47.7. The summed E-state index contributed by atoms with van der Waals surface area (Å²) < 4.78 is 19.2. The van der Waals surface area contributed by atoms with Gasteiger partial charge in [-0.2, -0.15) is 0 Å². The number of carbonyl (C=O) groups excluding carboxylic acids is 3. The molecule has 3 aliphatic carbocycles. The standard InChI is InChI=1S/C34H53BN6O6/c1-31(2,3)45-30(44)40-23(18-21-12-8-7-9-13-21)27(42)34(28(36)43)15-11-17-41(34)26(14-10-16-39-29(37)38)35-46-25-20-22-19-24(32(22,4)5)33(25,6)47-35/h7-9,12-13,22-26H,10-11,14-20H2,1-6H3,(H2,36,43)(H,40,44)(H4,37,38,39)/t22-,23-,24-,25-,26?,33+,34-/m1/s1. The van der Waals surface area contributed by atoms with Gasteiger partial charge in [-0.05, 0) is 102 Å². The van der Waals surface area contributed by atoms with Crippen molar-refractivity contribution in [1.82, 2.24) is 10.2 Å². The molecular formula is C34H53BN6O6. The topological polar surface area (TPSA) is 185 Å². The molecule has 6 rings (SSSR count). The summed E-state index contributed by atoms with van der Waals surface area (Å²) >= 11 is 0. The first-order valence-corrected chi connectivity index (χ1v) is 17.0. The number of benzene rings is 1. The summed E-state index contributed by atoms with van der Waals surface area (Å²) in [5.41, 5.74) is 15.4. The number of hydrogen-bond donors (Lipinski definition) is 4. The number of ether oxygens (including phenoxy) is 1. The van der Waals surface area contributed by atoms with Gasteiger partial charge in [0, 0.05) is 12.5 Å². The third-order valence-corrected chi connectivity index (χ3v) is 11.2. The molecule has 13 heteroatoms. The lowest BCUT2D eigenvalue weighted by Crippen LogP contribution is -2.69. The fourth-order valence-electron chi connectivity index (χ4n) is 8.75. The molecular weight excluding hydrogens is 599 g/mol. The maximum Gasteiger partial charge on any atom is 0.476 e. The second kappa shape index (κ2) is 13.0. The zero-order valence-corrected chi connectivity index (χ0v) is 28.8. The molecule has 5 fully saturated rings. The maximum atomic E-state index is 14.9. The summed E-state index contributed by atoms with van der Waals surface area (Å²) in [6, 6.07) is 8.28. The second-order valence-corrected chi connectivity index (χ2v) is 15.6. The lowest BCUT2D eigenvalue weighted by Gasteiger charge is -2.64. The molecule has 0 radical (unpaired) electrons. The van der Waals surface area contributed by atoms with Crippen molar-refractivity contribution in [3.05, 3.63) is 35.9 Å². The Morgan fingerprint density at radius 2 is 1.83 bits per heavy atom. The van der Waals surface area contributed by atoms with Crippen LogP contribution >= 0.6 is 0 Å². The van der Waals surface area contributed by atoms with E-state index in [1.807, 2.05) is 35.2 Å². The number of amides is 2. The zero-order valence-electron chi connectivity index (χ0n) is 28.8. The van der Waals surface area contributed by atoms with Gasteiger partial charge in [0.1, 0.15) is 5.60 Å².